The molecule has 0 fully saturated rings. The Hall–Kier alpha value is -1.66. The summed E-state index contributed by atoms with van der Waals surface area (Å²) in [6.45, 7) is 4.20. The van der Waals surface area contributed by atoms with Crippen LogP contribution in [0.3, 0.4) is 0 Å². The van der Waals surface area contributed by atoms with Crippen LogP contribution in [0.15, 0.2) is 33.7 Å². The van der Waals surface area contributed by atoms with Crippen LogP contribution in [0.4, 0.5) is 4.39 Å². The van der Waals surface area contributed by atoms with Gasteiger partial charge in [-0.3, -0.25) is 10.3 Å². The fourth-order valence-electron chi connectivity index (χ4n) is 1.63. The molecule has 6 heteroatoms. The van der Waals surface area contributed by atoms with E-state index < -0.39 is 0 Å². The van der Waals surface area contributed by atoms with Gasteiger partial charge in [0.1, 0.15) is 17.3 Å². The highest BCUT2D eigenvalue weighted by molar-refractivity contribution is 9.11. The summed E-state index contributed by atoms with van der Waals surface area (Å²) in [4.78, 5) is 11.2. The molecule has 0 atom stereocenters. The lowest BCUT2D eigenvalue weighted by atomic mass is 10.2. The Balaban J connectivity index is 2.31. The Bertz CT molecular complexity index is 608. The molecule has 4 nitrogen and oxygen atoms in total. The van der Waals surface area contributed by atoms with E-state index in [2.05, 4.69) is 26.4 Å². The van der Waals surface area contributed by atoms with Crippen molar-refractivity contribution in [3.63, 3.8) is 0 Å². The molecule has 1 N–H and O–H groups in total. The van der Waals surface area contributed by atoms with E-state index in [1.165, 1.54) is 12.1 Å². The average molecular weight is 341 g/mol. The summed E-state index contributed by atoms with van der Waals surface area (Å²) in [6.07, 6.45) is 0. The number of hydrogen-bond donors (Lipinski definition) is 1. The molecule has 2 aromatic rings. The summed E-state index contributed by atoms with van der Waals surface area (Å²) >= 11 is 3.26. The topological polar surface area (TPSA) is 47.3 Å². The molecule has 1 aromatic carbocycles. The van der Waals surface area contributed by atoms with Gasteiger partial charge in [-0.05, 0) is 38.1 Å². The van der Waals surface area contributed by atoms with Crippen molar-refractivity contribution >= 4 is 21.6 Å². The number of oxazole rings is 1. The van der Waals surface area contributed by atoms with Gasteiger partial charge in [0.2, 0.25) is 5.89 Å². The summed E-state index contributed by atoms with van der Waals surface area (Å²) in [5.74, 6) is 0.779. The fraction of sp³-hybridized carbons (Fsp3) is 0.214. The maximum absolute atomic E-state index is 12.9. The van der Waals surface area contributed by atoms with E-state index in [0.29, 0.717) is 35.2 Å². The van der Waals surface area contributed by atoms with Crippen molar-refractivity contribution < 1.29 is 13.6 Å². The molecule has 0 unspecified atom stereocenters. The molecule has 1 heterocycles. The van der Waals surface area contributed by atoms with Gasteiger partial charge in [-0.2, -0.15) is 0 Å². The predicted molar refractivity (Wildman–Crippen MR) is 78.3 cm³/mol. The van der Waals surface area contributed by atoms with E-state index in [1.807, 2.05) is 6.92 Å². The van der Waals surface area contributed by atoms with E-state index in [4.69, 9.17) is 9.25 Å². The monoisotopic (exact) mass is 340 g/mol. The Morgan fingerprint density at radius 2 is 2.15 bits per heavy atom. The van der Waals surface area contributed by atoms with Crippen LogP contribution in [0.1, 0.15) is 18.4 Å². The lowest BCUT2D eigenvalue weighted by Crippen LogP contribution is -2.13. The van der Waals surface area contributed by atoms with Gasteiger partial charge in [0.15, 0.2) is 0 Å². The number of hydrogen-bond acceptors (Lipinski definition) is 4. The molecule has 0 aliphatic heterocycles. The van der Waals surface area contributed by atoms with E-state index in [1.54, 1.807) is 24.0 Å². The van der Waals surface area contributed by atoms with E-state index >= 15 is 0 Å². The number of benzene rings is 1. The molecule has 1 aromatic heterocycles. The van der Waals surface area contributed by atoms with Gasteiger partial charge in [-0.15, -0.1) is 0 Å². The molecule has 0 saturated heterocycles. The molecular weight excluding hydrogens is 327 g/mol. The largest absolute Gasteiger partial charge is 0.441 e. The Morgan fingerprint density at radius 3 is 2.75 bits per heavy atom. The SMILES string of the molecule is CCONC(=CBr)c1nc(-c2ccc(F)cc2)oc1C. The first-order chi connectivity index (χ1) is 9.65. The molecular formula is C14H14BrFN2O2. The third-order valence-corrected chi connectivity index (χ3v) is 3.04. The first-order valence-electron chi connectivity index (χ1n) is 6.07. The minimum absolute atomic E-state index is 0.295. The summed E-state index contributed by atoms with van der Waals surface area (Å²) in [7, 11) is 0. The van der Waals surface area contributed by atoms with Gasteiger partial charge in [0, 0.05) is 10.5 Å². The number of aryl methyl sites for hydroxylation is 1. The lowest BCUT2D eigenvalue weighted by Gasteiger charge is -2.06. The smallest absolute Gasteiger partial charge is 0.226 e. The summed E-state index contributed by atoms with van der Waals surface area (Å²) in [5.41, 5.74) is 4.78. The Morgan fingerprint density at radius 1 is 1.45 bits per heavy atom. The van der Waals surface area contributed by atoms with E-state index in [0.717, 1.165) is 0 Å². The number of halogens is 2. The van der Waals surface area contributed by atoms with Gasteiger partial charge in [-0.1, -0.05) is 15.9 Å². The second kappa shape index (κ2) is 6.67. The third-order valence-electron chi connectivity index (χ3n) is 2.58. The average Bonchev–Trinajstić information content (AvgIpc) is 2.83. The van der Waals surface area contributed by atoms with Crippen LogP contribution in [0.2, 0.25) is 0 Å². The molecule has 0 bridgehead atoms. The maximum atomic E-state index is 12.9. The summed E-state index contributed by atoms with van der Waals surface area (Å²) in [6, 6.07) is 5.98. The van der Waals surface area contributed by atoms with Crippen LogP contribution < -0.4 is 5.48 Å². The molecule has 0 saturated carbocycles. The molecule has 0 aliphatic carbocycles. The number of nitrogens with zero attached hydrogens (tertiary/aromatic N) is 1. The molecule has 2 rings (SSSR count). The minimum Gasteiger partial charge on any atom is -0.441 e. The number of nitrogens with one attached hydrogen (secondary N) is 1. The molecule has 0 radical (unpaired) electrons. The van der Waals surface area contributed by atoms with Crippen LogP contribution in [-0.2, 0) is 4.84 Å². The van der Waals surface area contributed by atoms with Crippen molar-refractivity contribution in [2.45, 2.75) is 13.8 Å². The minimum atomic E-state index is -0.295. The zero-order valence-corrected chi connectivity index (χ0v) is 12.7. The quantitative estimate of drug-likeness (QED) is 0.835. The van der Waals surface area contributed by atoms with Crippen LogP contribution in [-0.4, -0.2) is 11.6 Å². The lowest BCUT2D eigenvalue weighted by molar-refractivity contribution is 0.0898. The number of rotatable bonds is 5. The van der Waals surface area contributed by atoms with Crippen molar-refractivity contribution in [1.82, 2.24) is 10.5 Å². The molecule has 106 valence electrons. The first kappa shape index (κ1) is 14.7. The standard InChI is InChI=1S/C14H14BrFN2O2/c1-3-19-18-12(8-15)13-9(2)20-14(17-13)10-4-6-11(16)7-5-10/h4-8,18H,3H2,1-2H3. The highest BCUT2D eigenvalue weighted by atomic mass is 79.9. The number of hydroxylamine groups is 1. The third kappa shape index (κ3) is 3.26. The second-order valence-electron chi connectivity index (χ2n) is 3.99. The van der Waals surface area contributed by atoms with Crippen molar-refractivity contribution in [3.05, 3.63) is 46.5 Å². The summed E-state index contributed by atoms with van der Waals surface area (Å²) in [5, 5.41) is 0. The van der Waals surface area contributed by atoms with Crippen molar-refractivity contribution in [3.8, 4) is 11.5 Å². The maximum Gasteiger partial charge on any atom is 0.226 e. The van der Waals surface area contributed by atoms with Gasteiger partial charge >= 0.3 is 0 Å². The second-order valence-corrected chi connectivity index (χ2v) is 4.45. The fourth-order valence-corrected chi connectivity index (χ4v) is 1.94. The van der Waals surface area contributed by atoms with Gasteiger partial charge in [0.05, 0.1) is 12.3 Å². The summed E-state index contributed by atoms with van der Waals surface area (Å²) < 4.78 is 18.5. The van der Waals surface area contributed by atoms with Crippen molar-refractivity contribution in [1.29, 1.82) is 0 Å². The predicted octanol–water partition coefficient (Wildman–Crippen LogP) is 4.02. The van der Waals surface area contributed by atoms with Crippen LogP contribution in [0, 0.1) is 12.7 Å². The van der Waals surface area contributed by atoms with Gasteiger partial charge in [0.25, 0.3) is 0 Å². The van der Waals surface area contributed by atoms with Crippen LogP contribution >= 0.6 is 15.9 Å². The Kier molecular flexibility index (Phi) is 4.92. The van der Waals surface area contributed by atoms with Crippen molar-refractivity contribution in [2.75, 3.05) is 6.61 Å². The highest BCUT2D eigenvalue weighted by Crippen LogP contribution is 2.25. The van der Waals surface area contributed by atoms with Gasteiger partial charge < -0.3 is 4.42 Å². The van der Waals surface area contributed by atoms with Gasteiger partial charge in [-0.25, -0.2) is 9.37 Å². The first-order valence-corrected chi connectivity index (χ1v) is 6.99. The zero-order chi connectivity index (χ0) is 14.5. The van der Waals surface area contributed by atoms with Crippen LogP contribution in [0.25, 0.3) is 17.2 Å². The van der Waals surface area contributed by atoms with Crippen LogP contribution in [0.5, 0.6) is 0 Å². The normalized spacial score (nSPS) is 11.7. The highest BCUT2D eigenvalue weighted by Gasteiger charge is 2.15. The van der Waals surface area contributed by atoms with Crippen molar-refractivity contribution in [2.24, 2.45) is 0 Å². The molecule has 0 spiro atoms. The molecule has 20 heavy (non-hydrogen) atoms. The van der Waals surface area contributed by atoms with E-state index in [-0.39, 0.29) is 5.82 Å². The number of aromatic nitrogens is 1. The molecule has 0 aliphatic rings. The zero-order valence-electron chi connectivity index (χ0n) is 11.1. The Labute approximate surface area is 124 Å². The van der Waals surface area contributed by atoms with E-state index in [9.17, 15) is 4.39 Å². The molecule has 0 amide bonds.